The van der Waals surface area contributed by atoms with Crippen molar-refractivity contribution in [2.24, 2.45) is 5.92 Å². The molecule has 1 aliphatic rings. The third-order valence-electron chi connectivity index (χ3n) is 5.86. The van der Waals surface area contributed by atoms with Gasteiger partial charge < -0.3 is 29.4 Å². The van der Waals surface area contributed by atoms with Gasteiger partial charge >= 0.3 is 12.0 Å². The largest absolute Gasteiger partial charge is 0.497 e. The molecule has 2 aromatic rings. The molecule has 168 valence electrons. The maximum atomic E-state index is 13.4. The second-order valence-corrected chi connectivity index (χ2v) is 7.56. The standard InChI is InChI=1S/C22H30N4O5/c1-6-13(2)18(21(27)31-5)25-22(28)26-10-9-16-19(24-12-23-16)20(26)15-11-14(29-3)7-8-17(15)30-4/h7-8,11-13,18,20H,6,9-10H2,1-5H3,(H,23,24)(H,25,28)/t13-,18-,20+/m0/s1. The number of amides is 2. The number of fused-ring (bicyclic) bond motifs is 1. The smallest absolute Gasteiger partial charge is 0.328 e. The van der Waals surface area contributed by atoms with E-state index >= 15 is 0 Å². The summed E-state index contributed by atoms with van der Waals surface area (Å²) in [6.07, 6.45) is 2.97. The van der Waals surface area contributed by atoms with Crippen LogP contribution in [0.2, 0.25) is 0 Å². The van der Waals surface area contributed by atoms with Gasteiger partial charge in [-0.3, -0.25) is 0 Å². The molecule has 2 N–H and O–H groups in total. The number of H-pyrrole nitrogens is 1. The fourth-order valence-corrected chi connectivity index (χ4v) is 3.88. The summed E-state index contributed by atoms with van der Waals surface area (Å²) in [5.41, 5.74) is 2.46. The van der Waals surface area contributed by atoms with E-state index in [0.717, 1.165) is 23.4 Å². The summed E-state index contributed by atoms with van der Waals surface area (Å²) in [5.74, 6) is 0.722. The van der Waals surface area contributed by atoms with Crippen LogP contribution in [0.25, 0.3) is 0 Å². The van der Waals surface area contributed by atoms with Crippen molar-refractivity contribution in [2.75, 3.05) is 27.9 Å². The predicted molar refractivity (Wildman–Crippen MR) is 114 cm³/mol. The van der Waals surface area contributed by atoms with Crippen LogP contribution < -0.4 is 14.8 Å². The van der Waals surface area contributed by atoms with Crippen molar-refractivity contribution >= 4 is 12.0 Å². The summed E-state index contributed by atoms with van der Waals surface area (Å²) < 4.78 is 15.9. The number of imidazole rings is 1. The first-order valence-corrected chi connectivity index (χ1v) is 10.3. The lowest BCUT2D eigenvalue weighted by Crippen LogP contribution is -2.53. The Balaban J connectivity index is 2.01. The Morgan fingerprint density at radius 2 is 2.06 bits per heavy atom. The van der Waals surface area contributed by atoms with Crippen LogP contribution in [0.5, 0.6) is 11.5 Å². The number of urea groups is 1. The second-order valence-electron chi connectivity index (χ2n) is 7.56. The minimum Gasteiger partial charge on any atom is -0.497 e. The van der Waals surface area contributed by atoms with Gasteiger partial charge in [0, 0.05) is 24.2 Å². The SMILES string of the molecule is CC[C@H](C)[C@H](NC(=O)N1CCc2[nH]cnc2[C@H]1c1cc(OC)ccc1OC)C(=O)OC. The number of nitrogens with zero attached hydrogens (tertiary/aromatic N) is 2. The Hall–Kier alpha value is -3.23. The molecule has 2 heterocycles. The minimum atomic E-state index is -0.740. The van der Waals surface area contributed by atoms with Gasteiger partial charge in [-0.05, 0) is 24.1 Å². The third kappa shape index (κ3) is 4.45. The topological polar surface area (TPSA) is 106 Å². The number of hydrogen-bond acceptors (Lipinski definition) is 6. The van der Waals surface area contributed by atoms with Crippen LogP contribution in [-0.2, 0) is 16.0 Å². The average molecular weight is 431 g/mol. The molecule has 2 amide bonds. The lowest BCUT2D eigenvalue weighted by Gasteiger charge is -2.37. The van der Waals surface area contributed by atoms with E-state index in [-0.39, 0.29) is 11.9 Å². The second kappa shape index (κ2) is 9.72. The van der Waals surface area contributed by atoms with E-state index in [2.05, 4.69) is 15.3 Å². The molecule has 9 nitrogen and oxygen atoms in total. The number of rotatable bonds is 7. The summed E-state index contributed by atoms with van der Waals surface area (Å²) >= 11 is 0. The number of hydrogen-bond donors (Lipinski definition) is 2. The van der Waals surface area contributed by atoms with Crippen LogP contribution in [0.15, 0.2) is 24.5 Å². The average Bonchev–Trinajstić information content (AvgIpc) is 3.29. The quantitative estimate of drug-likeness (QED) is 0.654. The lowest BCUT2D eigenvalue weighted by molar-refractivity contribution is -0.144. The highest BCUT2D eigenvalue weighted by Gasteiger charge is 2.38. The molecule has 0 unspecified atom stereocenters. The molecule has 0 aliphatic carbocycles. The van der Waals surface area contributed by atoms with E-state index in [0.29, 0.717) is 24.5 Å². The van der Waals surface area contributed by atoms with Crippen molar-refractivity contribution in [3.63, 3.8) is 0 Å². The fourth-order valence-electron chi connectivity index (χ4n) is 3.88. The highest BCUT2D eigenvalue weighted by atomic mass is 16.5. The number of carbonyl (C=O) groups is 2. The van der Waals surface area contributed by atoms with E-state index in [9.17, 15) is 9.59 Å². The fraction of sp³-hybridized carbons (Fsp3) is 0.500. The van der Waals surface area contributed by atoms with Gasteiger partial charge in [-0.1, -0.05) is 20.3 Å². The molecule has 0 bridgehead atoms. The van der Waals surface area contributed by atoms with Crippen LogP contribution in [0.3, 0.4) is 0 Å². The number of aromatic amines is 1. The third-order valence-corrected chi connectivity index (χ3v) is 5.86. The molecule has 1 aromatic heterocycles. The van der Waals surface area contributed by atoms with E-state index < -0.39 is 18.1 Å². The van der Waals surface area contributed by atoms with E-state index in [1.165, 1.54) is 7.11 Å². The predicted octanol–water partition coefficient (Wildman–Crippen LogP) is 2.67. The first kappa shape index (κ1) is 22.5. The van der Waals surface area contributed by atoms with Crippen LogP contribution in [0.4, 0.5) is 4.79 Å². The summed E-state index contributed by atoms with van der Waals surface area (Å²) in [7, 11) is 4.49. The summed E-state index contributed by atoms with van der Waals surface area (Å²) in [6, 6.07) is 3.85. The molecule has 1 aromatic carbocycles. The number of carbonyl (C=O) groups excluding carboxylic acids is 2. The lowest BCUT2D eigenvalue weighted by atomic mass is 9.94. The first-order valence-electron chi connectivity index (χ1n) is 10.3. The maximum absolute atomic E-state index is 13.4. The Morgan fingerprint density at radius 1 is 1.29 bits per heavy atom. The highest BCUT2D eigenvalue weighted by Crippen LogP contribution is 2.39. The number of nitrogens with one attached hydrogen (secondary N) is 2. The Kier molecular flexibility index (Phi) is 7.04. The highest BCUT2D eigenvalue weighted by molar-refractivity contribution is 5.84. The molecule has 9 heteroatoms. The summed E-state index contributed by atoms with van der Waals surface area (Å²) in [4.78, 5) is 35.1. The van der Waals surface area contributed by atoms with Gasteiger partial charge in [0.15, 0.2) is 0 Å². The van der Waals surface area contributed by atoms with Gasteiger partial charge in [0.2, 0.25) is 0 Å². The molecule has 31 heavy (non-hydrogen) atoms. The molecule has 0 saturated carbocycles. The van der Waals surface area contributed by atoms with Crippen molar-refractivity contribution < 1.29 is 23.8 Å². The van der Waals surface area contributed by atoms with E-state index in [4.69, 9.17) is 14.2 Å². The van der Waals surface area contributed by atoms with E-state index in [1.54, 1.807) is 31.5 Å². The zero-order valence-electron chi connectivity index (χ0n) is 18.6. The number of benzene rings is 1. The zero-order chi connectivity index (χ0) is 22.5. The van der Waals surface area contributed by atoms with Gasteiger partial charge in [0.25, 0.3) is 0 Å². The van der Waals surface area contributed by atoms with Crippen LogP contribution >= 0.6 is 0 Å². The Bertz CT molecular complexity index is 928. The summed E-state index contributed by atoms with van der Waals surface area (Å²) in [5, 5.41) is 2.88. The Labute approximate surface area is 182 Å². The molecular weight excluding hydrogens is 400 g/mol. The molecule has 0 spiro atoms. The van der Waals surface area contributed by atoms with Crippen molar-refractivity contribution in [1.29, 1.82) is 0 Å². The van der Waals surface area contributed by atoms with Crippen LogP contribution in [0, 0.1) is 5.92 Å². The number of aromatic nitrogens is 2. The maximum Gasteiger partial charge on any atom is 0.328 e. The Morgan fingerprint density at radius 3 is 2.71 bits per heavy atom. The van der Waals surface area contributed by atoms with Crippen molar-refractivity contribution in [2.45, 2.75) is 38.8 Å². The zero-order valence-corrected chi connectivity index (χ0v) is 18.6. The molecule has 3 rings (SSSR count). The molecule has 1 aliphatic heterocycles. The van der Waals surface area contributed by atoms with Gasteiger partial charge in [-0.25, -0.2) is 14.6 Å². The van der Waals surface area contributed by atoms with Gasteiger partial charge in [-0.2, -0.15) is 0 Å². The van der Waals surface area contributed by atoms with Crippen molar-refractivity contribution in [3.8, 4) is 11.5 Å². The number of ether oxygens (including phenoxy) is 3. The molecule has 0 saturated heterocycles. The minimum absolute atomic E-state index is 0.0769. The summed E-state index contributed by atoms with van der Waals surface area (Å²) in [6.45, 7) is 4.32. The van der Waals surface area contributed by atoms with Gasteiger partial charge in [-0.15, -0.1) is 0 Å². The number of esters is 1. The molecule has 0 fully saturated rings. The monoisotopic (exact) mass is 430 g/mol. The van der Waals surface area contributed by atoms with Crippen LogP contribution in [0.1, 0.15) is 43.3 Å². The van der Waals surface area contributed by atoms with Crippen molar-refractivity contribution in [3.05, 3.63) is 41.5 Å². The van der Waals surface area contributed by atoms with E-state index in [1.807, 2.05) is 26.0 Å². The van der Waals surface area contributed by atoms with Gasteiger partial charge in [0.1, 0.15) is 23.6 Å². The van der Waals surface area contributed by atoms with Crippen LogP contribution in [-0.4, -0.2) is 60.8 Å². The molecule has 3 atom stereocenters. The number of methoxy groups -OCH3 is 3. The van der Waals surface area contributed by atoms with Gasteiger partial charge in [0.05, 0.1) is 33.4 Å². The first-order chi connectivity index (χ1) is 14.9. The molecule has 0 radical (unpaired) electrons. The van der Waals surface area contributed by atoms with Crippen molar-refractivity contribution in [1.82, 2.24) is 20.2 Å². The normalized spacial score (nSPS) is 17.3. The molecular formula is C22H30N4O5.